The molecule has 0 aromatic carbocycles. The molecule has 0 radical (unpaired) electrons. The Hall–Kier alpha value is 0.676. The van der Waals surface area contributed by atoms with Crippen LogP contribution in [0, 0.1) is 0 Å². The number of nitrogens with zero attached hydrogens (tertiary/aromatic N) is 1. The van der Waals surface area contributed by atoms with Crippen LogP contribution in [0.4, 0.5) is 0 Å². The molecule has 0 N–H and O–H groups in total. The second-order valence-electron chi connectivity index (χ2n) is 7.17. The van der Waals surface area contributed by atoms with Crippen molar-refractivity contribution in [1.29, 1.82) is 0 Å². The first-order valence-corrected chi connectivity index (χ1v) is 20.3. The summed E-state index contributed by atoms with van der Waals surface area (Å²) in [4.78, 5) is 10.2. The average molecular weight is 362 g/mol. The number of hydrogen-bond donors (Lipinski definition) is 0. The van der Waals surface area contributed by atoms with Crippen molar-refractivity contribution in [2.24, 2.45) is 0 Å². The molecule has 0 aliphatic carbocycles. The molecule has 0 amide bonds. The summed E-state index contributed by atoms with van der Waals surface area (Å²) in [6.07, 6.45) is 0. The predicted octanol–water partition coefficient (Wildman–Crippen LogP) is 3.00. The van der Waals surface area contributed by atoms with Crippen molar-refractivity contribution < 1.29 is 4.74 Å². The summed E-state index contributed by atoms with van der Waals surface area (Å²) in [5.74, 6) is 0. The fourth-order valence-corrected chi connectivity index (χ4v) is 13.0. The molecule has 0 bridgehead atoms. The normalized spacial score (nSPS) is 20.7. The van der Waals surface area contributed by atoms with Crippen molar-refractivity contribution in [2.45, 2.75) is 34.5 Å². The van der Waals surface area contributed by atoms with Crippen LogP contribution in [0.15, 0.2) is 9.29 Å². The van der Waals surface area contributed by atoms with Gasteiger partial charge >= 0.3 is 113 Å². The fraction of sp³-hybridized carbons (Fsp3) is 0.846. The second-order valence-corrected chi connectivity index (χ2v) is 26.9. The Kier molecular flexibility index (Phi) is 5.75. The van der Waals surface area contributed by atoms with Crippen LogP contribution in [0.25, 0.3) is 0 Å². The minimum atomic E-state index is -1.91. The molecule has 0 spiro atoms. The zero-order chi connectivity index (χ0) is 13.1. The second kappa shape index (κ2) is 6.22. The van der Waals surface area contributed by atoms with Gasteiger partial charge in [-0.25, -0.2) is 0 Å². The molecule has 1 aliphatic heterocycles. The molecular weight excluding hydrogens is 333 g/mol. The van der Waals surface area contributed by atoms with Gasteiger partial charge in [0.1, 0.15) is 0 Å². The quantitative estimate of drug-likeness (QED) is 0.713. The summed E-state index contributed by atoms with van der Waals surface area (Å²) < 4.78 is 7.25. The van der Waals surface area contributed by atoms with Gasteiger partial charge < -0.3 is 0 Å². The standard InChI is InChI=1S/C10H20NOSi.3CH3.Sn/c1-13(2,3)10-4-5-11-6-8-12-9-7-11;;;;/h10H,5-9H2,1-3H3;3*1H3;. The van der Waals surface area contributed by atoms with Crippen LogP contribution in [0.2, 0.25) is 34.5 Å². The molecule has 0 unspecified atom stereocenters. The van der Waals surface area contributed by atoms with Crippen molar-refractivity contribution in [3.8, 4) is 0 Å². The van der Waals surface area contributed by atoms with Crippen LogP contribution in [0.5, 0.6) is 0 Å². The summed E-state index contributed by atoms with van der Waals surface area (Å²) >= 11 is -1.91. The molecule has 1 fully saturated rings. The monoisotopic (exact) mass is 363 g/mol. The van der Waals surface area contributed by atoms with Crippen molar-refractivity contribution in [1.82, 2.24) is 4.90 Å². The first-order valence-electron chi connectivity index (χ1n) is 6.71. The third-order valence-corrected chi connectivity index (χ3v) is 11.5. The van der Waals surface area contributed by atoms with E-state index in [1.165, 1.54) is 6.54 Å². The number of morpholine rings is 1. The summed E-state index contributed by atoms with van der Waals surface area (Å²) in [6, 6.07) is 0. The summed E-state index contributed by atoms with van der Waals surface area (Å²) in [7, 11) is -1.08. The predicted molar refractivity (Wildman–Crippen MR) is 82.0 cm³/mol. The van der Waals surface area contributed by atoms with E-state index in [1.807, 2.05) is 3.59 Å². The van der Waals surface area contributed by atoms with Gasteiger partial charge in [-0.2, -0.15) is 0 Å². The van der Waals surface area contributed by atoms with Gasteiger partial charge in [-0.05, 0) is 0 Å². The van der Waals surface area contributed by atoms with E-state index in [4.69, 9.17) is 4.74 Å². The maximum absolute atomic E-state index is 5.43. The Balaban J connectivity index is 2.74. The van der Waals surface area contributed by atoms with Crippen LogP contribution in [0.3, 0.4) is 0 Å². The van der Waals surface area contributed by atoms with Gasteiger partial charge in [0, 0.05) is 0 Å². The first kappa shape index (κ1) is 15.7. The minimum absolute atomic E-state index is 0.917. The summed E-state index contributed by atoms with van der Waals surface area (Å²) in [6.45, 7) is 12.6. The topological polar surface area (TPSA) is 12.5 Å². The Labute approximate surface area is 112 Å². The van der Waals surface area contributed by atoms with Crippen molar-refractivity contribution in [3.05, 3.63) is 9.29 Å². The third-order valence-electron chi connectivity index (χ3n) is 3.07. The van der Waals surface area contributed by atoms with E-state index in [9.17, 15) is 0 Å². The van der Waals surface area contributed by atoms with Gasteiger partial charge in [0.05, 0.1) is 0 Å². The van der Waals surface area contributed by atoms with E-state index in [0.29, 0.717) is 0 Å². The van der Waals surface area contributed by atoms with Crippen molar-refractivity contribution in [2.75, 3.05) is 32.8 Å². The molecule has 0 aromatic rings. The number of rotatable bonds is 4. The number of hydrogen-bond acceptors (Lipinski definition) is 2. The zero-order valence-electron chi connectivity index (χ0n) is 12.5. The molecule has 17 heavy (non-hydrogen) atoms. The van der Waals surface area contributed by atoms with E-state index in [2.05, 4.69) is 45.1 Å². The SMILES string of the molecule is C[Si](C)(C)/C=[C](/CN1CCOCC1)[Sn]([CH3])([CH3])[CH3]. The van der Waals surface area contributed by atoms with E-state index in [1.54, 1.807) is 0 Å². The van der Waals surface area contributed by atoms with E-state index < -0.39 is 26.5 Å². The van der Waals surface area contributed by atoms with E-state index in [0.717, 1.165) is 26.3 Å². The van der Waals surface area contributed by atoms with Gasteiger partial charge in [-0.3, -0.25) is 0 Å². The molecule has 1 heterocycles. The molecular formula is C13H29NOSiSn. The van der Waals surface area contributed by atoms with Gasteiger partial charge in [0.15, 0.2) is 0 Å². The molecule has 0 atom stereocenters. The van der Waals surface area contributed by atoms with Gasteiger partial charge in [0.25, 0.3) is 0 Å². The molecule has 100 valence electrons. The number of ether oxygens (including phenoxy) is 1. The van der Waals surface area contributed by atoms with Gasteiger partial charge in [-0.15, -0.1) is 0 Å². The van der Waals surface area contributed by atoms with Crippen LogP contribution in [-0.2, 0) is 4.74 Å². The molecule has 0 aromatic heterocycles. The Morgan fingerprint density at radius 2 is 1.71 bits per heavy atom. The van der Waals surface area contributed by atoms with E-state index >= 15 is 0 Å². The Morgan fingerprint density at radius 1 is 1.18 bits per heavy atom. The summed E-state index contributed by atoms with van der Waals surface area (Å²) in [5.41, 5.74) is 2.68. The third kappa shape index (κ3) is 6.41. The van der Waals surface area contributed by atoms with Crippen molar-refractivity contribution >= 4 is 26.5 Å². The van der Waals surface area contributed by atoms with Crippen molar-refractivity contribution in [3.63, 3.8) is 0 Å². The first-order chi connectivity index (χ1) is 7.68. The molecule has 1 aliphatic rings. The molecule has 1 saturated heterocycles. The van der Waals surface area contributed by atoms with Crippen LogP contribution in [0.1, 0.15) is 0 Å². The maximum atomic E-state index is 5.43. The molecule has 2 nitrogen and oxygen atoms in total. The van der Waals surface area contributed by atoms with Crippen LogP contribution < -0.4 is 0 Å². The van der Waals surface area contributed by atoms with Gasteiger partial charge in [-0.1, -0.05) is 0 Å². The molecule has 4 heteroatoms. The fourth-order valence-electron chi connectivity index (χ4n) is 2.02. The molecule has 0 saturated carbocycles. The summed E-state index contributed by atoms with van der Waals surface area (Å²) in [5, 5.41) is 0. The molecule has 1 rings (SSSR count). The Bertz CT molecular complexity index is 272. The van der Waals surface area contributed by atoms with E-state index in [-0.39, 0.29) is 0 Å². The average Bonchev–Trinajstić information content (AvgIpc) is 2.15. The zero-order valence-corrected chi connectivity index (χ0v) is 16.3. The Morgan fingerprint density at radius 3 is 2.12 bits per heavy atom. The van der Waals surface area contributed by atoms with Gasteiger partial charge in [0.2, 0.25) is 0 Å². The van der Waals surface area contributed by atoms with Crippen LogP contribution >= 0.6 is 0 Å². The van der Waals surface area contributed by atoms with Crippen LogP contribution in [-0.4, -0.2) is 64.2 Å².